The van der Waals surface area contributed by atoms with E-state index in [9.17, 15) is 0 Å². The summed E-state index contributed by atoms with van der Waals surface area (Å²) in [5, 5.41) is 0. The van der Waals surface area contributed by atoms with E-state index in [0.717, 1.165) is 32.5 Å². The van der Waals surface area contributed by atoms with Gasteiger partial charge in [-0.05, 0) is 70.1 Å². The van der Waals surface area contributed by atoms with Crippen molar-refractivity contribution in [1.29, 1.82) is 0 Å². The van der Waals surface area contributed by atoms with Crippen LogP contribution in [0.15, 0.2) is 0 Å². The molecule has 1 saturated carbocycles. The van der Waals surface area contributed by atoms with Crippen molar-refractivity contribution in [3.8, 4) is 0 Å². The normalized spacial score (nSPS) is 29.4. The maximum Gasteiger partial charge on any atom is 0.0832 e. The molecule has 124 valence electrons. The Hall–Kier alpha value is -0.120. The van der Waals surface area contributed by atoms with Gasteiger partial charge in [0, 0.05) is 19.3 Å². The van der Waals surface area contributed by atoms with E-state index < -0.39 is 0 Å². The Morgan fingerprint density at radius 3 is 2.52 bits per heavy atom. The summed E-state index contributed by atoms with van der Waals surface area (Å²) in [5.41, 5.74) is 6.96. The van der Waals surface area contributed by atoms with Gasteiger partial charge in [0.1, 0.15) is 0 Å². The molecule has 2 unspecified atom stereocenters. The highest BCUT2D eigenvalue weighted by atomic mass is 16.5. The third kappa shape index (κ3) is 4.67. The van der Waals surface area contributed by atoms with Crippen LogP contribution in [0.5, 0.6) is 0 Å². The second kappa shape index (κ2) is 7.43. The van der Waals surface area contributed by atoms with Crippen molar-refractivity contribution in [2.75, 3.05) is 13.2 Å². The first kappa shape index (κ1) is 17.2. The highest BCUT2D eigenvalue weighted by Gasteiger charge is 2.43. The van der Waals surface area contributed by atoms with E-state index in [1.165, 1.54) is 38.5 Å². The van der Waals surface area contributed by atoms with Crippen molar-refractivity contribution in [1.82, 2.24) is 0 Å². The van der Waals surface area contributed by atoms with Crippen LogP contribution in [0.25, 0.3) is 0 Å². The van der Waals surface area contributed by atoms with Gasteiger partial charge in [0.15, 0.2) is 0 Å². The van der Waals surface area contributed by atoms with Crippen LogP contribution < -0.4 is 5.73 Å². The van der Waals surface area contributed by atoms with Crippen molar-refractivity contribution < 1.29 is 9.47 Å². The SMILES string of the molecule is CCOC1(C(N)CCCC2CCCO2)CCC(C)(C)CC1. The van der Waals surface area contributed by atoms with Gasteiger partial charge in [-0.25, -0.2) is 0 Å². The van der Waals surface area contributed by atoms with Gasteiger partial charge in [-0.15, -0.1) is 0 Å². The van der Waals surface area contributed by atoms with E-state index in [1.807, 2.05) is 0 Å². The van der Waals surface area contributed by atoms with Gasteiger partial charge in [0.25, 0.3) is 0 Å². The maximum absolute atomic E-state index is 6.58. The molecule has 1 aliphatic carbocycles. The summed E-state index contributed by atoms with van der Waals surface area (Å²) in [4.78, 5) is 0. The summed E-state index contributed by atoms with van der Waals surface area (Å²) >= 11 is 0. The van der Waals surface area contributed by atoms with Crippen LogP contribution in [0.3, 0.4) is 0 Å². The number of hydrogen-bond donors (Lipinski definition) is 1. The zero-order valence-electron chi connectivity index (χ0n) is 14.3. The standard InChI is InChI=1S/C18H35NO2/c1-4-21-18(12-10-17(2,3)11-13-18)16(19)9-5-7-15-8-6-14-20-15/h15-16H,4-14,19H2,1-3H3. The molecule has 0 bridgehead atoms. The summed E-state index contributed by atoms with van der Waals surface area (Å²) in [6.07, 6.45) is 11.1. The van der Waals surface area contributed by atoms with Gasteiger partial charge in [0.05, 0.1) is 11.7 Å². The lowest BCUT2D eigenvalue weighted by atomic mass is 9.68. The van der Waals surface area contributed by atoms with Crippen LogP contribution >= 0.6 is 0 Å². The molecule has 0 spiro atoms. The molecule has 0 radical (unpaired) electrons. The predicted molar refractivity (Wildman–Crippen MR) is 87.4 cm³/mol. The lowest BCUT2D eigenvalue weighted by Gasteiger charge is -2.46. The molecule has 2 fully saturated rings. The monoisotopic (exact) mass is 297 g/mol. The van der Waals surface area contributed by atoms with Gasteiger partial charge >= 0.3 is 0 Å². The molecule has 0 aromatic heterocycles. The third-order valence-electron chi connectivity index (χ3n) is 5.62. The molecule has 2 N–H and O–H groups in total. The molecule has 1 saturated heterocycles. The van der Waals surface area contributed by atoms with Crippen LogP contribution in [0.2, 0.25) is 0 Å². The van der Waals surface area contributed by atoms with E-state index in [2.05, 4.69) is 20.8 Å². The summed E-state index contributed by atoms with van der Waals surface area (Å²) in [6, 6.07) is 0.176. The predicted octanol–water partition coefficient (Wildman–Crippen LogP) is 4.04. The minimum Gasteiger partial charge on any atom is -0.378 e. The number of nitrogens with two attached hydrogens (primary N) is 1. The topological polar surface area (TPSA) is 44.5 Å². The summed E-state index contributed by atoms with van der Waals surface area (Å²) in [5.74, 6) is 0. The van der Waals surface area contributed by atoms with E-state index in [-0.39, 0.29) is 11.6 Å². The van der Waals surface area contributed by atoms with E-state index in [4.69, 9.17) is 15.2 Å². The number of ether oxygens (including phenoxy) is 2. The van der Waals surface area contributed by atoms with Crippen LogP contribution in [-0.2, 0) is 9.47 Å². The average Bonchev–Trinajstić information content (AvgIpc) is 2.95. The molecule has 1 aliphatic heterocycles. The van der Waals surface area contributed by atoms with Crippen LogP contribution in [0.1, 0.15) is 78.6 Å². The molecule has 3 nitrogen and oxygen atoms in total. The third-order valence-corrected chi connectivity index (χ3v) is 5.62. The lowest BCUT2D eigenvalue weighted by molar-refractivity contribution is -0.101. The second-order valence-electron chi connectivity index (χ2n) is 7.83. The zero-order valence-corrected chi connectivity index (χ0v) is 14.3. The van der Waals surface area contributed by atoms with Gasteiger partial charge in [-0.3, -0.25) is 0 Å². The molecular weight excluding hydrogens is 262 g/mol. The first-order valence-electron chi connectivity index (χ1n) is 8.99. The molecule has 21 heavy (non-hydrogen) atoms. The molecule has 3 heteroatoms. The Morgan fingerprint density at radius 2 is 1.95 bits per heavy atom. The summed E-state index contributed by atoms with van der Waals surface area (Å²) in [6.45, 7) is 8.56. The molecule has 0 aromatic carbocycles. The first-order valence-corrected chi connectivity index (χ1v) is 8.99. The number of hydrogen-bond acceptors (Lipinski definition) is 3. The summed E-state index contributed by atoms with van der Waals surface area (Å²) < 4.78 is 11.9. The molecular formula is C18H35NO2. The first-order chi connectivity index (χ1) is 9.97. The summed E-state index contributed by atoms with van der Waals surface area (Å²) in [7, 11) is 0. The van der Waals surface area contributed by atoms with Gasteiger partial charge in [-0.1, -0.05) is 13.8 Å². The Labute approximate surface area is 130 Å². The fraction of sp³-hybridized carbons (Fsp3) is 1.00. The molecule has 2 aliphatic rings. The second-order valence-corrected chi connectivity index (χ2v) is 7.83. The maximum atomic E-state index is 6.58. The fourth-order valence-electron chi connectivity index (χ4n) is 3.96. The van der Waals surface area contributed by atoms with E-state index in [0.29, 0.717) is 11.5 Å². The molecule has 0 aromatic rings. The highest BCUT2D eigenvalue weighted by molar-refractivity contribution is 4.97. The van der Waals surface area contributed by atoms with Crippen LogP contribution in [-0.4, -0.2) is 31.0 Å². The Morgan fingerprint density at radius 1 is 1.24 bits per heavy atom. The molecule has 1 heterocycles. The Kier molecular flexibility index (Phi) is 6.10. The van der Waals surface area contributed by atoms with Crippen molar-refractivity contribution in [2.24, 2.45) is 11.1 Å². The molecule has 2 atom stereocenters. The fourth-order valence-corrected chi connectivity index (χ4v) is 3.96. The largest absolute Gasteiger partial charge is 0.378 e. The van der Waals surface area contributed by atoms with Crippen molar-refractivity contribution in [3.05, 3.63) is 0 Å². The smallest absolute Gasteiger partial charge is 0.0832 e. The Bertz CT molecular complexity index is 300. The van der Waals surface area contributed by atoms with E-state index in [1.54, 1.807) is 0 Å². The highest BCUT2D eigenvalue weighted by Crippen LogP contribution is 2.44. The van der Waals surface area contributed by atoms with Crippen molar-refractivity contribution >= 4 is 0 Å². The van der Waals surface area contributed by atoms with Crippen LogP contribution in [0.4, 0.5) is 0 Å². The molecule has 2 rings (SSSR count). The minimum atomic E-state index is -0.0686. The van der Waals surface area contributed by atoms with Gasteiger partial charge < -0.3 is 15.2 Å². The van der Waals surface area contributed by atoms with E-state index >= 15 is 0 Å². The van der Waals surface area contributed by atoms with Crippen molar-refractivity contribution in [3.63, 3.8) is 0 Å². The van der Waals surface area contributed by atoms with Gasteiger partial charge in [-0.2, -0.15) is 0 Å². The average molecular weight is 297 g/mol. The lowest BCUT2D eigenvalue weighted by Crippen LogP contribution is -2.53. The quantitative estimate of drug-likeness (QED) is 0.771. The minimum absolute atomic E-state index is 0.0686. The molecule has 0 amide bonds. The van der Waals surface area contributed by atoms with Crippen molar-refractivity contribution in [2.45, 2.75) is 96.3 Å². The Balaban J connectivity index is 1.82. The van der Waals surface area contributed by atoms with Crippen LogP contribution in [0, 0.1) is 5.41 Å². The number of rotatable bonds is 7. The zero-order chi connectivity index (χ0) is 15.3. The van der Waals surface area contributed by atoms with Gasteiger partial charge in [0.2, 0.25) is 0 Å².